The summed E-state index contributed by atoms with van der Waals surface area (Å²) in [6.45, 7) is 1.01. The molecule has 2 aliphatic heterocycles. The fourth-order valence-corrected chi connectivity index (χ4v) is 6.55. The fraction of sp³-hybridized carbons (Fsp3) is 0.172. The molecule has 0 bridgehead atoms. The zero-order valence-electron chi connectivity index (χ0n) is 20.3. The maximum atomic E-state index is 13.5. The van der Waals surface area contributed by atoms with Crippen molar-refractivity contribution < 1.29 is 19.1 Å². The van der Waals surface area contributed by atoms with Gasteiger partial charge in [0.15, 0.2) is 11.5 Å². The van der Waals surface area contributed by atoms with Gasteiger partial charge in [-0.1, -0.05) is 42.5 Å². The highest BCUT2D eigenvalue weighted by molar-refractivity contribution is 8.00. The van der Waals surface area contributed by atoms with Crippen molar-refractivity contribution in [3.8, 4) is 11.5 Å². The number of ether oxygens (including phenoxy) is 2. The number of fused-ring (bicyclic) bond motifs is 3. The molecule has 0 fully saturated rings. The van der Waals surface area contributed by atoms with E-state index in [-0.39, 0.29) is 29.0 Å². The second kappa shape index (κ2) is 10.9. The van der Waals surface area contributed by atoms with Crippen LogP contribution >= 0.6 is 23.5 Å². The van der Waals surface area contributed by atoms with Crippen LogP contribution in [0.2, 0.25) is 0 Å². The molecule has 0 spiro atoms. The zero-order valence-corrected chi connectivity index (χ0v) is 22.0. The van der Waals surface area contributed by atoms with Crippen LogP contribution in [0, 0.1) is 0 Å². The van der Waals surface area contributed by atoms with E-state index in [4.69, 9.17) is 9.47 Å². The van der Waals surface area contributed by atoms with Gasteiger partial charge in [-0.05, 0) is 42.5 Å². The Kier molecular flexibility index (Phi) is 7.02. The standard InChI is InChI=1S/C29H25N3O4S2/c33-28(30-20-12-13-24-25(17-20)36-15-14-35-24)18-37-21-7-5-6-19(16-21)31-29(34)32-22-8-1-3-10-26(22)38-27-11-4-2-9-23(27)32/h1-13,16-17,22,26H,14-15,18H2,(H,30,33)(H,31,34). The summed E-state index contributed by atoms with van der Waals surface area (Å²) in [5.74, 6) is 1.40. The molecule has 0 radical (unpaired) electrons. The van der Waals surface area contributed by atoms with Gasteiger partial charge in [0.2, 0.25) is 5.91 Å². The average Bonchev–Trinajstić information content (AvgIpc) is 2.95. The Bertz CT molecular complexity index is 1440. The molecule has 3 aromatic carbocycles. The van der Waals surface area contributed by atoms with Crippen molar-refractivity contribution in [2.45, 2.75) is 21.1 Å². The lowest BCUT2D eigenvalue weighted by Gasteiger charge is -2.40. The Labute approximate surface area is 229 Å². The summed E-state index contributed by atoms with van der Waals surface area (Å²) in [5.41, 5.74) is 2.23. The summed E-state index contributed by atoms with van der Waals surface area (Å²) >= 11 is 3.18. The molecule has 9 heteroatoms. The van der Waals surface area contributed by atoms with Gasteiger partial charge in [-0.25, -0.2) is 4.79 Å². The van der Waals surface area contributed by atoms with E-state index in [1.807, 2.05) is 59.5 Å². The largest absolute Gasteiger partial charge is 0.486 e. The Balaban J connectivity index is 1.10. The molecule has 6 rings (SSSR count). The van der Waals surface area contributed by atoms with E-state index >= 15 is 0 Å². The van der Waals surface area contributed by atoms with Crippen LogP contribution in [0.3, 0.4) is 0 Å². The summed E-state index contributed by atoms with van der Waals surface area (Å²) in [7, 11) is 0. The van der Waals surface area contributed by atoms with Crippen molar-refractivity contribution in [2.24, 2.45) is 0 Å². The Morgan fingerprint density at radius 1 is 0.895 bits per heavy atom. The van der Waals surface area contributed by atoms with E-state index in [0.717, 1.165) is 15.5 Å². The van der Waals surface area contributed by atoms with Crippen molar-refractivity contribution in [1.82, 2.24) is 0 Å². The first-order valence-corrected chi connectivity index (χ1v) is 14.1. The number of nitrogens with one attached hydrogen (secondary N) is 2. The fourth-order valence-electron chi connectivity index (χ4n) is 4.54. The number of para-hydroxylation sites is 1. The smallest absolute Gasteiger partial charge is 0.326 e. The number of rotatable bonds is 5. The molecule has 0 saturated heterocycles. The SMILES string of the molecule is O=C(CSc1cccc(NC(=O)N2c3ccccc3SC3C=CC=CC32)c1)Nc1ccc2c(c1)OCCO2. The summed E-state index contributed by atoms with van der Waals surface area (Å²) in [5, 5.41) is 6.13. The third-order valence-corrected chi connectivity index (χ3v) is 8.54. The minimum absolute atomic E-state index is 0.0679. The molecule has 7 nitrogen and oxygen atoms in total. The zero-order chi connectivity index (χ0) is 25.9. The maximum absolute atomic E-state index is 13.5. The summed E-state index contributed by atoms with van der Waals surface area (Å²) in [4.78, 5) is 29.9. The Morgan fingerprint density at radius 2 is 1.71 bits per heavy atom. The van der Waals surface area contributed by atoms with Crippen LogP contribution in [-0.4, -0.2) is 42.2 Å². The van der Waals surface area contributed by atoms with Crippen molar-refractivity contribution in [1.29, 1.82) is 0 Å². The number of hydrogen-bond acceptors (Lipinski definition) is 6. The summed E-state index contributed by atoms with van der Waals surface area (Å²) in [6, 6.07) is 20.6. The molecule has 2 unspecified atom stereocenters. The molecule has 0 aromatic heterocycles. The second-order valence-electron chi connectivity index (χ2n) is 8.83. The summed E-state index contributed by atoms with van der Waals surface area (Å²) in [6.07, 6.45) is 8.23. The molecule has 2 atom stereocenters. The molecule has 1 aliphatic carbocycles. The molecular weight excluding hydrogens is 518 g/mol. The topological polar surface area (TPSA) is 79.9 Å². The number of urea groups is 1. The number of amides is 3. The monoisotopic (exact) mass is 543 g/mol. The van der Waals surface area contributed by atoms with Crippen molar-refractivity contribution in [3.05, 3.63) is 91.0 Å². The van der Waals surface area contributed by atoms with Gasteiger partial charge in [0.25, 0.3) is 0 Å². The lowest BCUT2D eigenvalue weighted by Crippen LogP contribution is -2.49. The molecule has 38 heavy (non-hydrogen) atoms. The van der Waals surface area contributed by atoms with Gasteiger partial charge in [-0.3, -0.25) is 9.69 Å². The quantitative estimate of drug-likeness (QED) is 0.373. The number of nitrogens with zero attached hydrogens (tertiary/aromatic N) is 1. The average molecular weight is 544 g/mol. The van der Waals surface area contributed by atoms with Crippen LogP contribution < -0.4 is 25.0 Å². The molecule has 2 N–H and O–H groups in total. The Hall–Kier alpha value is -3.82. The van der Waals surface area contributed by atoms with Crippen molar-refractivity contribution >= 4 is 52.5 Å². The van der Waals surface area contributed by atoms with Gasteiger partial charge in [-0.15, -0.1) is 23.5 Å². The lowest BCUT2D eigenvalue weighted by molar-refractivity contribution is -0.113. The first-order valence-electron chi connectivity index (χ1n) is 12.3. The number of benzene rings is 3. The minimum Gasteiger partial charge on any atom is -0.486 e. The lowest BCUT2D eigenvalue weighted by atomic mass is 10.1. The van der Waals surface area contributed by atoms with Gasteiger partial charge in [0.05, 0.1) is 22.7 Å². The van der Waals surface area contributed by atoms with E-state index in [1.165, 1.54) is 11.8 Å². The van der Waals surface area contributed by atoms with E-state index in [1.54, 1.807) is 30.0 Å². The Morgan fingerprint density at radius 3 is 2.63 bits per heavy atom. The first-order chi connectivity index (χ1) is 18.6. The van der Waals surface area contributed by atoms with Crippen LogP contribution in [0.4, 0.5) is 21.9 Å². The highest BCUT2D eigenvalue weighted by Crippen LogP contribution is 2.43. The third-order valence-electron chi connectivity index (χ3n) is 6.24. The van der Waals surface area contributed by atoms with Crippen molar-refractivity contribution in [3.63, 3.8) is 0 Å². The third kappa shape index (κ3) is 5.25. The van der Waals surface area contributed by atoms with Crippen LogP contribution in [0.1, 0.15) is 0 Å². The maximum Gasteiger partial charge on any atom is 0.326 e. The van der Waals surface area contributed by atoms with Gasteiger partial charge in [0, 0.05) is 27.2 Å². The number of carbonyl (C=O) groups is 2. The number of carbonyl (C=O) groups excluding carboxylic acids is 2. The molecule has 3 aliphatic rings. The van der Waals surface area contributed by atoms with Gasteiger partial charge >= 0.3 is 6.03 Å². The van der Waals surface area contributed by atoms with E-state index in [2.05, 4.69) is 28.9 Å². The van der Waals surface area contributed by atoms with E-state index < -0.39 is 0 Å². The molecule has 3 amide bonds. The van der Waals surface area contributed by atoms with Gasteiger partial charge in [0.1, 0.15) is 13.2 Å². The normalized spacial score (nSPS) is 18.8. The highest BCUT2D eigenvalue weighted by Gasteiger charge is 2.36. The molecule has 192 valence electrons. The predicted molar refractivity (Wildman–Crippen MR) is 153 cm³/mol. The van der Waals surface area contributed by atoms with Gasteiger partial charge < -0.3 is 20.1 Å². The minimum atomic E-state index is -0.189. The highest BCUT2D eigenvalue weighted by atomic mass is 32.2. The second-order valence-corrected chi connectivity index (χ2v) is 11.1. The number of anilines is 3. The van der Waals surface area contributed by atoms with Crippen LogP contribution in [-0.2, 0) is 4.79 Å². The molecule has 2 heterocycles. The van der Waals surface area contributed by atoms with Gasteiger partial charge in [-0.2, -0.15) is 0 Å². The van der Waals surface area contributed by atoms with E-state index in [9.17, 15) is 9.59 Å². The first kappa shape index (κ1) is 24.5. The number of allylic oxidation sites excluding steroid dienone is 2. The van der Waals surface area contributed by atoms with Crippen LogP contribution in [0.25, 0.3) is 0 Å². The number of thioether (sulfide) groups is 2. The molecule has 3 aromatic rings. The predicted octanol–water partition coefficient (Wildman–Crippen LogP) is 6.20. The van der Waals surface area contributed by atoms with Crippen LogP contribution in [0.15, 0.2) is 101 Å². The molecule has 0 saturated carbocycles. The summed E-state index contributed by atoms with van der Waals surface area (Å²) < 4.78 is 11.1. The molecular formula is C29H25N3O4S2. The number of hydrogen-bond donors (Lipinski definition) is 2. The van der Waals surface area contributed by atoms with Crippen molar-refractivity contribution in [2.75, 3.05) is 34.5 Å². The van der Waals surface area contributed by atoms with Crippen LogP contribution in [0.5, 0.6) is 11.5 Å². The van der Waals surface area contributed by atoms with E-state index in [0.29, 0.717) is 36.1 Å².